The first-order chi connectivity index (χ1) is 12.1. The molecule has 2 N–H and O–H groups in total. The number of halogens is 2. The molecular weight excluding hydrogens is 366 g/mol. The number of alkyl halides is 1. The molecule has 1 fully saturated rings. The number of likely N-dealkylation sites (tertiary alicyclic amines) is 1. The number of nitrogens with zero attached hydrogens (tertiary/aromatic N) is 3. The van der Waals surface area contributed by atoms with Gasteiger partial charge < -0.3 is 5.73 Å². The van der Waals surface area contributed by atoms with Crippen molar-refractivity contribution in [2.24, 2.45) is 5.73 Å². The number of primary amides is 1. The summed E-state index contributed by atoms with van der Waals surface area (Å²) in [5.74, 6) is -1.32. The Balaban J connectivity index is 2.21. The lowest BCUT2D eigenvalue weighted by Gasteiger charge is -2.28. The van der Waals surface area contributed by atoms with Crippen molar-refractivity contribution in [3.8, 4) is 6.07 Å². The van der Waals surface area contributed by atoms with Crippen molar-refractivity contribution in [2.45, 2.75) is 25.2 Å². The van der Waals surface area contributed by atoms with Crippen LogP contribution in [-0.4, -0.2) is 61.6 Å². The first-order valence-electron chi connectivity index (χ1n) is 7.90. The molecule has 0 saturated carbocycles. The van der Waals surface area contributed by atoms with Gasteiger partial charge in [0.25, 0.3) is 0 Å². The molecule has 26 heavy (non-hydrogen) atoms. The second-order valence-electron chi connectivity index (χ2n) is 6.36. The van der Waals surface area contributed by atoms with Gasteiger partial charge >= 0.3 is 0 Å². The van der Waals surface area contributed by atoms with E-state index >= 15 is 0 Å². The number of nitrogens with two attached hydrogens (primary N) is 1. The van der Waals surface area contributed by atoms with Gasteiger partial charge in [0, 0.05) is 31.2 Å². The Kier molecular flexibility index (Phi) is 6.28. The minimum atomic E-state index is -3.72. The maximum absolute atomic E-state index is 14.1. The smallest absolute Gasteiger partial charge is 0.231 e. The van der Waals surface area contributed by atoms with E-state index in [2.05, 4.69) is 0 Å². The van der Waals surface area contributed by atoms with Crippen LogP contribution in [0, 0.1) is 17.1 Å². The number of carbonyl (C=O) groups is 1. The Morgan fingerprint density at radius 1 is 1.50 bits per heavy atom. The summed E-state index contributed by atoms with van der Waals surface area (Å²) >= 11 is 0. The summed E-state index contributed by atoms with van der Waals surface area (Å²) in [6.45, 7) is -0.523. The Labute approximate surface area is 151 Å². The van der Waals surface area contributed by atoms with E-state index in [4.69, 9.17) is 11.0 Å². The number of sulfonamides is 1. The van der Waals surface area contributed by atoms with Gasteiger partial charge in [-0.2, -0.15) is 9.57 Å². The van der Waals surface area contributed by atoms with E-state index in [0.29, 0.717) is 0 Å². The zero-order chi connectivity index (χ0) is 19.5. The van der Waals surface area contributed by atoms with Crippen molar-refractivity contribution in [1.29, 1.82) is 5.26 Å². The second kappa shape index (κ2) is 8.07. The van der Waals surface area contributed by atoms with Crippen molar-refractivity contribution in [1.82, 2.24) is 9.21 Å². The monoisotopic (exact) mass is 386 g/mol. The van der Waals surface area contributed by atoms with E-state index in [0.717, 1.165) is 16.6 Å². The third-order valence-electron chi connectivity index (χ3n) is 4.25. The summed E-state index contributed by atoms with van der Waals surface area (Å²) in [6.07, 6.45) is -0.142. The van der Waals surface area contributed by atoms with Gasteiger partial charge in [0.05, 0.1) is 24.4 Å². The van der Waals surface area contributed by atoms with Gasteiger partial charge in [0.15, 0.2) is 0 Å². The Morgan fingerprint density at radius 2 is 2.19 bits per heavy atom. The van der Waals surface area contributed by atoms with Crippen molar-refractivity contribution >= 4 is 15.9 Å². The molecule has 1 saturated heterocycles. The second-order valence-corrected chi connectivity index (χ2v) is 8.34. The minimum Gasteiger partial charge on any atom is -0.369 e. The van der Waals surface area contributed by atoms with Crippen LogP contribution in [0.3, 0.4) is 0 Å². The van der Waals surface area contributed by atoms with Crippen LogP contribution in [0.1, 0.15) is 17.5 Å². The van der Waals surface area contributed by atoms with Gasteiger partial charge in [-0.25, -0.2) is 17.2 Å². The van der Waals surface area contributed by atoms with E-state index in [1.54, 1.807) is 6.07 Å². The van der Waals surface area contributed by atoms with Crippen molar-refractivity contribution < 1.29 is 22.0 Å². The van der Waals surface area contributed by atoms with E-state index in [-0.39, 0.29) is 43.7 Å². The van der Waals surface area contributed by atoms with Gasteiger partial charge in [-0.05, 0) is 18.6 Å². The maximum atomic E-state index is 14.1. The summed E-state index contributed by atoms with van der Waals surface area (Å²) in [7, 11) is -3.72. The highest BCUT2D eigenvalue weighted by Gasteiger charge is 2.35. The quantitative estimate of drug-likeness (QED) is 0.728. The highest BCUT2D eigenvalue weighted by Crippen LogP contribution is 2.23. The third-order valence-corrected chi connectivity index (χ3v) is 5.46. The first-order valence-corrected chi connectivity index (χ1v) is 9.75. The molecule has 1 aliphatic rings. The van der Waals surface area contributed by atoms with Crippen LogP contribution in [0.25, 0.3) is 0 Å². The fraction of sp³-hybridized carbons (Fsp3) is 0.500. The fourth-order valence-corrected chi connectivity index (χ4v) is 3.81. The van der Waals surface area contributed by atoms with Crippen molar-refractivity contribution in [3.63, 3.8) is 0 Å². The topological polar surface area (TPSA) is 108 Å². The average Bonchev–Trinajstić information content (AvgIpc) is 2.86. The summed E-state index contributed by atoms with van der Waals surface area (Å²) in [4.78, 5) is 12.6. The van der Waals surface area contributed by atoms with Crippen LogP contribution < -0.4 is 5.73 Å². The van der Waals surface area contributed by atoms with Crippen LogP contribution in [0.5, 0.6) is 0 Å². The molecule has 1 aliphatic heterocycles. The molecule has 0 radical (unpaired) electrons. The number of hydrogen-bond donors (Lipinski definition) is 1. The minimum absolute atomic E-state index is 0.00354. The highest BCUT2D eigenvalue weighted by atomic mass is 32.2. The third kappa shape index (κ3) is 5.20. The lowest BCUT2D eigenvalue weighted by Crippen LogP contribution is -2.45. The van der Waals surface area contributed by atoms with Gasteiger partial charge in [-0.1, -0.05) is 6.07 Å². The lowest BCUT2D eigenvalue weighted by atomic mass is 10.1. The summed E-state index contributed by atoms with van der Waals surface area (Å²) in [5, 5.41) is 8.78. The fourth-order valence-electron chi connectivity index (χ4n) is 2.99. The van der Waals surface area contributed by atoms with E-state index < -0.39 is 34.0 Å². The molecule has 7 nitrogen and oxygen atoms in total. The summed E-state index contributed by atoms with van der Waals surface area (Å²) in [5.41, 5.74) is 5.38. The molecule has 1 amide bonds. The number of rotatable bonds is 7. The lowest BCUT2D eigenvalue weighted by molar-refractivity contribution is -0.119. The van der Waals surface area contributed by atoms with Crippen molar-refractivity contribution in [2.75, 3.05) is 25.9 Å². The molecule has 2 rings (SSSR count). The molecule has 0 spiro atoms. The Morgan fingerprint density at radius 3 is 2.73 bits per heavy atom. The predicted molar refractivity (Wildman–Crippen MR) is 90.4 cm³/mol. The van der Waals surface area contributed by atoms with Crippen LogP contribution in [0.15, 0.2) is 18.2 Å². The molecule has 0 bridgehead atoms. The maximum Gasteiger partial charge on any atom is 0.231 e. The molecule has 10 heteroatoms. The number of amides is 1. The molecule has 1 aromatic carbocycles. The molecule has 142 valence electrons. The molecule has 1 heterocycles. The standard InChI is InChI=1S/C16H20F2N4O3S/c1-26(24,25)22(7-12-3-2-11(6-19)4-15(12)18)9-14-5-13(17)8-21(14)10-16(20)23/h2-4,13-14H,5,7-10H2,1H3,(H2,20,23)/t13-,14-/m0/s1. The normalized spacial score (nSPS) is 21.0. The average molecular weight is 386 g/mol. The van der Waals surface area contributed by atoms with Crippen molar-refractivity contribution in [3.05, 3.63) is 35.1 Å². The molecule has 2 atom stereocenters. The van der Waals surface area contributed by atoms with Gasteiger partial charge in [0.2, 0.25) is 15.9 Å². The van der Waals surface area contributed by atoms with Crippen LogP contribution in [-0.2, 0) is 21.4 Å². The van der Waals surface area contributed by atoms with E-state index in [9.17, 15) is 22.0 Å². The molecule has 1 aromatic rings. The molecule has 0 unspecified atom stereocenters. The van der Waals surface area contributed by atoms with Crippen LogP contribution in [0.4, 0.5) is 8.78 Å². The van der Waals surface area contributed by atoms with Crippen LogP contribution in [0.2, 0.25) is 0 Å². The number of nitriles is 1. The van der Waals surface area contributed by atoms with Gasteiger partial charge in [-0.15, -0.1) is 0 Å². The van der Waals surface area contributed by atoms with E-state index in [1.807, 2.05) is 0 Å². The zero-order valence-electron chi connectivity index (χ0n) is 14.2. The SMILES string of the molecule is CS(=O)(=O)N(Cc1ccc(C#N)cc1F)C[C@@H]1C[C@H](F)CN1CC(N)=O. The predicted octanol–water partition coefficient (Wildman–Crippen LogP) is 0.357. The first kappa shape index (κ1) is 20.2. The number of benzene rings is 1. The molecule has 0 aromatic heterocycles. The zero-order valence-corrected chi connectivity index (χ0v) is 15.0. The summed E-state index contributed by atoms with van der Waals surface area (Å²) < 4.78 is 53.1. The highest BCUT2D eigenvalue weighted by molar-refractivity contribution is 7.88. The number of carbonyl (C=O) groups excluding carboxylic acids is 1. The molecule has 0 aliphatic carbocycles. The largest absolute Gasteiger partial charge is 0.369 e. The van der Waals surface area contributed by atoms with Crippen LogP contribution >= 0.6 is 0 Å². The Hall–Kier alpha value is -2.09. The number of hydrogen-bond acceptors (Lipinski definition) is 5. The molecular formula is C16H20F2N4O3S. The van der Waals surface area contributed by atoms with Gasteiger partial charge in [-0.3, -0.25) is 9.69 Å². The van der Waals surface area contributed by atoms with Gasteiger partial charge in [0.1, 0.15) is 12.0 Å². The Bertz CT molecular complexity index is 825. The summed E-state index contributed by atoms with van der Waals surface area (Å²) in [6, 6.07) is 5.04. The van der Waals surface area contributed by atoms with E-state index in [1.165, 1.54) is 17.0 Å².